The Morgan fingerprint density at radius 1 is 1.24 bits per heavy atom. The number of nitrogens with zero attached hydrogens (tertiary/aromatic N) is 1. The van der Waals surface area contributed by atoms with E-state index in [9.17, 15) is 13.9 Å². The molecule has 0 radical (unpaired) electrons. The molecule has 3 unspecified atom stereocenters. The molecule has 5 heteroatoms. The van der Waals surface area contributed by atoms with Crippen LogP contribution in [0.3, 0.4) is 0 Å². The van der Waals surface area contributed by atoms with Crippen LogP contribution < -0.4 is 5.73 Å². The Balaban J connectivity index is 1.89. The first-order valence-corrected chi connectivity index (χ1v) is 7.57. The Kier molecular flexibility index (Phi) is 5.67. The fraction of sp³-hybridized carbons (Fsp3) is 0.625. The van der Waals surface area contributed by atoms with E-state index in [-0.39, 0.29) is 12.1 Å². The number of aliphatic hydroxyl groups is 1. The predicted octanol–water partition coefficient (Wildman–Crippen LogP) is 2.59. The van der Waals surface area contributed by atoms with Crippen molar-refractivity contribution in [1.29, 1.82) is 0 Å². The van der Waals surface area contributed by atoms with E-state index in [0.29, 0.717) is 18.5 Å². The maximum Gasteiger partial charge on any atom is 0.126 e. The lowest BCUT2D eigenvalue weighted by atomic mass is 9.91. The van der Waals surface area contributed by atoms with E-state index in [1.54, 1.807) is 0 Å². The largest absolute Gasteiger partial charge is 0.391 e. The van der Waals surface area contributed by atoms with E-state index in [1.807, 2.05) is 7.05 Å². The minimum absolute atomic E-state index is 0.162. The molecule has 1 aliphatic rings. The third kappa shape index (κ3) is 4.46. The van der Waals surface area contributed by atoms with Crippen LogP contribution in [0.2, 0.25) is 0 Å². The Morgan fingerprint density at radius 2 is 1.86 bits per heavy atom. The standard InChI is InChI=1S/C16H24F2N2O/c1-20(15-4-2-3-5-16(15)21)7-6-14(19)11-8-12(17)10-13(18)9-11/h8-10,14-16,21H,2-7,19H2,1H3. The minimum atomic E-state index is -0.600. The van der Waals surface area contributed by atoms with E-state index in [2.05, 4.69) is 4.90 Å². The summed E-state index contributed by atoms with van der Waals surface area (Å²) >= 11 is 0. The molecule has 2 rings (SSSR count). The summed E-state index contributed by atoms with van der Waals surface area (Å²) in [6.07, 6.45) is 4.35. The average molecular weight is 298 g/mol. The number of likely N-dealkylation sites (N-methyl/N-ethyl adjacent to an activating group) is 1. The van der Waals surface area contributed by atoms with Crippen LogP contribution in [-0.2, 0) is 0 Å². The quantitative estimate of drug-likeness (QED) is 0.878. The number of aliphatic hydroxyl groups excluding tert-OH is 1. The van der Waals surface area contributed by atoms with Crippen molar-refractivity contribution in [2.24, 2.45) is 5.73 Å². The molecule has 0 aromatic heterocycles. The summed E-state index contributed by atoms with van der Waals surface area (Å²) in [5.41, 5.74) is 6.50. The molecule has 0 spiro atoms. The van der Waals surface area contributed by atoms with Gasteiger partial charge in [-0.2, -0.15) is 0 Å². The maximum atomic E-state index is 13.2. The van der Waals surface area contributed by atoms with Gasteiger partial charge in [0.1, 0.15) is 11.6 Å². The van der Waals surface area contributed by atoms with E-state index >= 15 is 0 Å². The summed E-state index contributed by atoms with van der Waals surface area (Å²) < 4.78 is 26.4. The van der Waals surface area contributed by atoms with Crippen LogP contribution in [0.1, 0.15) is 43.7 Å². The van der Waals surface area contributed by atoms with Crippen LogP contribution in [0.25, 0.3) is 0 Å². The number of halogens is 2. The maximum absolute atomic E-state index is 13.2. The van der Waals surface area contributed by atoms with E-state index in [4.69, 9.17) is 5.73 Å². The summed E-state index contributed by atoms with van der Waals surface area (Å²) in [5, 5.41) is 10.0. The lowest BCUT2D eigenvalue weighted by Gasteiger charge is -2.35. The molecule has 0 saturated heterocycles. The minimum Gasteiger partial charge on any atom is -0.391 e. The summed E-state index contributed by atoms with van der Waals surface area (Å²) in [6, 6.07) is 3.17. The zero-order valence-electron chi connectivity index (χ0n) is 12.4. The first-order valence-electron chi connectivity index (χ1n) is 7.57. The second-order valence-electron chi connectivity index (χ2n) is 6.00. The number of rotatable bonds is 5. The molecule has 0 heterocycles. The second-order valence-corrected chi connectivity index (χ2v) is 6.00. The Labute approximate surface area is 124 Å². The Hall–Kier alpha value is -1.04. The first kappa shape index (κ1) is 16.3. The molecule has 21 heavy (non-hydrogen) atoms. The van der Waals surface area contributed by atoms with Gasteiger partial charge in [0.25, 0.3) is 0 Å². The van der Waals surface area contributed by atoms with Gasteiger partial charge in [0.05, 0.1) is 6.10 Å². The number of benzene rings is 1. The van der Waals surface area contributed by atoms with Gasteiger partial charge in [-0.3, -0.25) is 0 Å². The molecule has 1 aromatic rings. The second kappa shape index (κ2) is 7.29. The SMILES string of the molecule is CN(CCC(N)c1cc(F)cc(F)c1)C1CCCCC1O. The highest BCUT2D eigenvalue weighted by atomic mass is 19.1. The molecule has 3 nitrogen and oxygen atoms in total. The van der Waals surface area contributed by atoms with Crippen LogP contribution in [0.5, 0.6) is 0 Å². The van der Waals surface area contributed by atoms with Gasteiger partial charge >= 0.3 is 0 Å². The van der Waals surface area contributed by atoms with Crippen molar-refractivity contribution < 1.29 is 13.9 Å². The monoisotopic (exact) mass is 298 g/mol. The van der Waals surface area contributed by atoms with Crippen molar-refractivity contribution in [2.75, 3.05) is 13.6 Å². The summed E-state index contributed by atoms with van der Waals surface area (Å²) in [6.45, 7) is 0.695. The topological polar surface area (TPSA) is 49.5 Å². The number of hydrogen-bond acceptors (Lipinski definition) is 3. The summed E-state index contributed by atoms with van der Waals surface area (Å²) in [4.78, 5) is 2.11. The first-order chi connectivity index (χ1) is 9.97. The molecule has 1 aromatic carbocycles. The van der Waals surface area contributed by atoms with Crippen molar-refractivity contribution in [1.82, 2.24) is 4.90 Å². The Bertz CT molecular complexity index is 449. The molecule has 3 N–H and O–H groups in total. The lowest BCUT2D eigenvalue weighted by Crippen LogP contribution is -2.44. The van der Waals surface area contributed by atoms with Crippen LogP contribution in [0, 0.1) is 11.6 Å². The highest BCUT2D eigenvalue weighted by molar-refractivity contribution is 5.21. The molecule has 1 saturated carbocycles. The molecule has 0 aliphatic heterocycles. The van der Waals surface area contributed by atoms with Crippen molar-refractivity contribution in [3.8, 4) is 0 Å². The molecule has 1 fully saturated rings. The van der Waals surface area contributed by atoms with Crippen LogP contribution in [-0.4, -0.2) is 35.7 Å². The molecule has 118 valence electrons. The third-order valence-electron chi connectivity index (χ3n) is 4.37. The number of nitrogens with two attached hydrogens (primary N) is 1. The van der Waals surface area contributed by atoms with Crippen molar-refractivity contribution >= 4 is 0 Å². The van der Waals surface area contributed by atoms with E-state index in [1.165, 1.54) is 12.1 Å². The molecular weight excluding hydrogens is 274 g/mol. The molecule has 3 atom stereocenters. The van der Waals surface area contributed by atoms with Crippen LogP contribution in [0.4, 0.5) is 8.78 Å². The lowest BCUT2D eigenvalue weighted by molar-refractivity contribution is 0.0311. The predicted molar refractivity (Wildman–Crippen MR) is 78.8 cm³/mol. The highest BCUT2D eigenvalue weighted by Crippen LogP contribution is 2.24. The van der Waals surface area contributed by atoms with Gasteiger partial charge in [-0.05, 0) is 44.0 Å². The van der Waals surface area contributed by atoms with Gasteiger partial charge in [-0.1, -0.05) is 12.8 Å². The Morgan fingerprint density at radius 3 is 2.48 bits per heavy atom. The molecule has 0 bridgehead atoms. The van der Waals surface area contributed by atoms with E-state index in [0.717, 1.165) is 31.7 Å². The average Bonchev–Trinajstić information content (AvgIpc) is 2.43. The summed E-state index contributed by atoms with van der Waals surface area (Å²) in [7, 11) is 1.97. The van der Waals surface area contributed by atoms with Crippen LogP contribution >= 0.6 is 0 Å². The molecule has 0 amide bonds. The third-order valence-corrected chi connectivity index (χ3v) is 4.37. The van der Waals surface area contributed by atoms with Gasteiger partial charge in [0.15, 0.2) is 0 Å². The fourth-order valence-corrected chi connectivity index (χ4v) is 3.07. The van der Waals surface area contributed by atoms with Gasteiger partial charge in [-0.15, -0.1) is 0 Å². The zero-order valence-corrected chi connectivity index (χ0v) is 12.4. The normalized spacial score (nSPS) is 24.3. The number of hydrogen-bond donors (Lipinski definition) is 2. The van der Waals surface area contributed by atoms with Gasteiger partial charge < -0.3 is 15.7 Å². The van der Waals surface area contributed by atoms with Gasteiger partial charge in [-0.25, -0.2) is 8.78 Å². The molecule has 1 aliphatic carbocycles. The van der Waals surface area contributed by atoms with Crippen LogP contribution in [0.15, 0.2) is 18.2 Å². The van der Waals surface area contributed by atoms with Crippen molar-refractivity contribution in [3.05, 3.63) is 35.4 Å². The van der Waals surface area contributed by atoms with Crippen molar-refractivity contribution in [3.63, 3.8) is 0 Å². The smallest absolute Gasteiger partial charge is 0.126 e. The fourth-order valence-electron chi connectivity index (χ4n) is 3.07. The molecular formula is C16H24F2N2O. The van der Waals surface area contributed by atoms with E-state index < -0.39 is 17.7 Å². The van der Waals surface area contributed by atoms with Gasteiger partial charge in [0, 0.05) is 24.7 Å². The highest BCUT2D eigenvalue weighted by Gasteiger charge is 2.26. The van der Waals surface area contributed by atoms with Crippen molar-refractivity contribution in [2.45, 2.75) is 50.3 Å². The summed E-state index contributed by atoms with van der Waals surface area (Å²) in [5.74, 6) is -1.20. The zero-order chi connectivity index (χ0) is 15.4. The van der Waals surface area contributed by atoms with Gasteiger partial charge in [0.2, 0.25) is 0 Å².